The molecule has 25 heavy (non-hydrogen) atoms. The third kappa shape index (κ3) is 3.21. The van der Waals surface area contributed by atoms with Gasteiger partial charge in [-0.15, -0.1) is 11.3 Å². The van der Waals surface area contributed by atoms with Gasteiger partial charge in [-0.05, 0) is 29.6 Å². The number of hydrogen-bond donors (Lipinski definition) is 0. The summed E-state index contributed by atoms with van der Waals surface area (Å²) in [6.45, 7) is 1.24. The smallest absolute Gasteiger partial charge is 0.205 e. The Labute approximate surface area is 150 Å². The Morgan fingerprint density at radius 3 is 2.56 bits per heavy atom. The zero-order valence-electron chi connectivity index (χ0n) is 13.6. The van der Waals surface area contributed by atoms with E-state index in [1.165, 1.54) is 11.3 Å². The average molecular weight is 347 g/mol. The normalized spacial score (nSPS) is 10.9. The van der Waals surface area contributed by atoms with Gasteiger partial charge in [-0.2, -0.15) is 0 Å². The van der Waals surface area contributed by atoms with Crippen molar-refractivity contribution in [2.24, 2.45) is 0 Å². The fourth-order valence-corrected chi connectivity index (χ4v) is 3.61. The van der Waals surface area contributed by atoms with Crippen LogP contribution < -0.4 is 4.74 Å². The van der Waals surface area contributed by atoms with Crippen molar-refractivity contribution in [2.75, 3.05) is 6.61 Å². The molecule has 0 fully saturated rings. The number of thiophene rings is 1. The van der Waals surface area contributed by atoms with Crippen molar-refractivity contribution >= 4 is 28.0 Å². The molecule has 0 aliphatic rings. The molecule has 0 amide bonds. The minimum atomic E-state index is 0.0777. The number of fused-ring (bicyclic) bond motifs is 1. The van der Waals surface area contributed by atoms with Gasteiger partial charge in [0.05, 0.1) is 11.4 Å². The van der Waals surface area contributed by atoms with Crippen LogP contribution in [0.1, 0.15) is 15.2 Å². The first-order valence-electron chi connectivity index (χ1n) is 8.17. The van der Waals surface area contributed by atoms with Crippen molar-refractivity contribution in [3.8, 4) is 5.75 Å². The van der Waals surface area contributed by atoms with E-state index in [2.05, 4.69) is 4.57 Å². The second-order valence-corrected chi connectivity index (χ2v) is 6.67. The highest BCUT2D eigenvalue weighted by Crippen LogP contribution is 2.25. The summed E-state index contributed by atoms with van der Waals surface area (Å²) in [6, 6.07) is 21.6. The predicted molar refractivity (Wildman–Crippen MR) is 102 cm³/mol. The Hall–Kier alpha value is -2.85. The molecule has 2 heterocycles. The van der Waals surface area contributed by atoms with Crippen molar-refractivity contribution in [1.29, 1.82) is 0 Å². The van der Waals surface area contributed by atoms with Crippen LogP contribution in [0.5, 0.6) is 5.75 Å². The molecule has 0 N–H and O–H groups in total. The van der Waals surface area contributed by atoms with E-state index in [0.29, 0.717) is 13.2 Å². The number of aromatic nitrogens is 1. The lowest BCUT2D eigenvalue weighted by Gasteiger charge is -2.08. The van der Waals surface area contributed by atoms with Crippen LogP contribution in [-0.4, -0.2) is 17.0 Å². The van der Waals surface area contributed by atoms with Crippen molar-refractivity contribution < 1.29 is 9.53 Å². The maximum atomic E-state index is 12.8. The molecule has 124 valence electrons. The Balaban J connectivity index is 1.60. The second kappa shape index (κ2) is 6.95. The van der Waals surface area contributed by atoms with Gasteiger partial charge in [-0.25, -0.2) is 0 Å². The molecule has 0 aliphatic heterocycles. The van der Waals surface area contributed by atoms with Gasteiger partial charge >= 0.3 is 0 Å². The number of para-hydroxylation sites is 2. The van der Waals surface area contributed by atoms with E-state index in [9.17, 15) is 4.79 Å². The van der Waals surface area contributed by atoms with Crippen molar-refractivity contribution in [1.82, 2.24) is 4.57 Å². The summed E-state index contributed by atoms with van der Waals surface area (Å²) in [5.74, 6) is 0.933. The first-order valence-corrected chi connectivity index (χ1v) is 9.05. The third-order valence-electron chi connectivity index (χ3n) is 4.12. The summed E-state index contributed by atoms with van der Waals surface area (Å²) in [7, 11) is 0. The summed E-state index contributed by atoms with van der Waals surface area (Å²) in [6.07, 6.45) is 1.95. The second-order valence-electron chi connectivity index (χ2n) is 5.72. The predicted octanol–water partition coefficient (Wildman–Crippen LogP) is 5.01. The van der Waals surface area contributed by atoms with Crippen molar-refractivity contribution in [3.05, 3.63) is 88.7 Å². The lowest BCUT2D eigenvalue weighted by atomic mass is 10.1. The van der Waals surface area contributed by atoms with E-state index in [-0.39, 0.29) is 5.78 Å². The van der Waals surface area contributed by atoms with Crippen LogP contribution in [0.2, 0.25) is 0 Å². The molecule has 0 saturated heterocycles. The Morgan fingerprint density at radius 2 is 1.76 bits per heavy atom. The minimum Gasteiger partial charge on any atom is -0.492 e. The number of carbonyl (C=O) groups excluding carboxylic acids is 1. The van der Waals surface area contributed by atoms with Gasteiger partial charge in [-0.1, -0.05) is 42.5 Å². The van der Waals surface area contributed by atoms with E-state index in [1.807, 2.05) is 78.3 Å². The van der Waals surface area contributed by atoms with Gasteiger partial charge in [-0.3, -0.25) is 4.79 Å². The Bertz CT molecular complexity index is 987. The topological polar surface area (TPSA) is 31.2 Å². The summed E-state index contributed by atoms with van der Waals surface area (Å²) in [4.78, 5) is 13.6. The van der Waals surface area contributed by atoms with Crippen LogP contribution in [0.4, 0.5) is 0 Å². The molecule has 0 atom stereocenters. The van der Waals surface area contributed by atoms with Crippen LogP contribution in [0.15, 0.2) is 78.3 Å². The molecular formula is C21H17NO2S. The quantitative estimate of drug-likeness (QED) is 0.459. The lowest BCUT2D eigenvalue weighted by molar-refractivity contribution is 0.104. The molecule has 3 nitrogen and oxygen atoms in total. The van der Waals surface area contributed by atoms with Gasteiger partial charge in [0.2, 0.25) is 5.78 Å². The van der Waals surface area contributed by atoms with E-state index in [4.69, 9.17) is 4.74 Å². The molecule has 4 heteroatoms. The van der Waals surface area contributed by atoms with E-state index in [0.717, 1.165) is 27.1 Å². The minimum absolute atomic E-state index is 0.0777. The van der Waals surface area contributed by atoms with Gasteiger partial charge in [0, 0.05) is 22.7 Å². The summed E-state index contributed by atoms with van der Waals surface area (Å²) < 4.78 is 7.89. The zero-order valence-corrected chi connectivity index (χ0v) is 14.4. The highest BCUT2D eigenvalue weighted by atomic mass is 32.1. The van der Waals surface area contributed by atoms with Crippen LogP contribution in [-0.2, 0) is 6.54 Å². The Morgan fingerprint density at radius 1 is 0.960 bits per heavy atom. The number of rotatable bonds is 6. The molecule has 0 aliphatic carbocycles. The van der Waals surface area contributed by atoms with Gasteiger partial charge in [0.1, 0.15) is 12.4 Å². The van der Waals surface area contributed by atoms with Crippen molar-refractivity contribution in [2.45, 2.75) is 6.54 Å². The monoisotopic (exact) mass is 347 g/mol. The number of hydrogen-bond acceptors (Lipinski definition) is 3. The molecule has 2 aromatic carbocycles. The molecular weight excluding hydrogens is 330 g/mol. The van der Waals surface area contributed by atoms with Gasteiger partial charge in [0.25, 0.3) is 0 Å². The first-order chi connectivity index (χ1) is 12.3. The fourth-order valence-electron chi connectivity index (χ4n) is 2.93. The number of ketones is 1. The summed E-state index contributed by atoms with van der Waals surface area (Å²) in [5.41, 5.74) is 1.80. The molecule has 0 spiro atoms. The van der Waals surface area contributed by atoms with E-state index >= 15 is 0 Å². The maximum absolute atomic E-state index is 12.8. The largest absolute Gasteiger partial charge is 0.492 e. The molecule has 4 rings (SSSR count). The molecule has 2 aromatic heterocycles. The third-order valence-corrected chi connectivity index (χ3v) is 4.99. The Kier molecular flexibility index (Phi) is 4.36. The van der Waals surface area contributed by atoms with Crippen LogP contribution in [0.25, 0.3) is 10.9 Å². The van der Waals surface area contributed by atoms with Crippen LogP contribution >= 0.6 is 11.3 Å². The van der Waals surface area contributed by atoms with Crippen molar-refractivity contribution in [3.63, 3.8) is 0 Å². The highest BCUT2D eigenvalue weighted by Gasteiger charge is 2.17. The van der Waals surface area contributed by atoms with Gasteiger partial charge in [0.15, 0.2) is 0 Å². The molecule has 0 unspecified atom stereocenters. The number of carbonyl (C=O) groups is 1. The highest BCUT2D eigenvalue weighted by molar-refractivity contribution is 7.12. The van der Waals surface area contributed by atoms with Crippen LogP contribution in [0, 0.1) is 0 Å². The fraction of sp³-hybridized carbons (Fsp3) is 0.0952. The summed E-state index contributed by atoms with van der Waals surface area (Å²) >= 11 is 1.48. The zero-order chi connectivity index (χ0) is 17.1. The molecule has 0 radical (unpaired) electrons. The van der Waals surface area contributed by atoms with E-state index in [1.54, 1.807) is 0 Å². The maximum Gasteiger partial charge on any atom is 0.205 e. The van der Waals surface area contributed by atoms with E-state index < -0.39 is 0 Å². The average Bonchev–Trinajstić information content (AvgIpc) is 3.31. The molecule has 4 aromatic rings. The molecule has 0 bridgehead atoms. The number of ether oxygens (including phenoxy) is 1. The number of nitrogens with zero attached hydrogens (tertiary/aromatic N) is 1. The lowest BCUT2D eigenvalue weighted by Crippen LogP contribution is -2.07. The number of benzene rings is 2. The first kappa shape index (κ1) is 15.7. The SMILES string of the molecule is O=C(c1cccs1)c1cn(CCOc2ccccc2)c2ccccc12. The van der Waals surface area contributed by atoms with Gasteiger partial charge < -0.3 is 9.30 Å². The standard InChI is InChI=1S/C21H17NO2S/c23-21(20-11-6-14-25-20)18-15-22(19-10-5-4-9-17(18)19)12-13-24-16-7-2-1-3-8-16/h1-11,14-15H,12-13H2. The van der Waals surface area contributed by atoms with Crippen LogP contribution in [0.3, 0.4) is 0 Å². The summed E-state index contributed by atoms with van der Waals surface area (Å²) in [5, 5.41) is 2.92. The molecule has 0 saturated carbocycles.